The van der Waals surface area contributed by atoms with Crippen molar-refractivity contribution in [2.45, 2.75) is 39.7 Å². The van der Waals surface area contributed by atoms with Crippen molar-refractivity contribution >= 4 is 17.5 Å². The van der Waals surface area contributed by atoms with Crippen molar-refractivity contribution in [3.63, 3.8) is 0 Å². The number of ketones is 2. The number of ether oxygens (including phenoxy) is 1. The third-order valence-electron chi connectivity index (χ3n) is 2.39. The minimum atomic E-state index is -0.496. The molecule has 0 saturated carbocycles. The second kappa shape index (κ2) is 5.05. The predicted octanol–water partition coefficient (Wildman–Crippen LogP) is 1.43. The van der Waals surface area contributed by atoms with Crippen molar-refractivity contribution in [3.05, 3.63) is 11.6 Å². The molecule has 88 valence electrons. The Hall–Kier alpha value is -1.45. The molecule has 0 aliphatic heterocycles. The third kappa shape index (κ3) is 3.29. The quantitative estimate of drug-likeness (QED) is 0.537. The van der Waals surface area contributed by atoms with Gasteiger partial charge in [0.05, 0.1) is 18.9 Å². The maximum absolute atomic E-state index is 11.5. The maximum Gasteiger partial charge on any atom is 0.307 e. The molecule has 1 aliphatic rings. The fraction of sp³-hybridized carbons (Fsp3) is 0.583. The van der Waals surface area contributed by atoms with Crippen molar-refractivity contribution in [3.8, 4) is 0 Å². The summed E-state index contributed by atoms with van der Waals surface area (Å²) >= 11 is 0. The molecule has 0 spiro atoms. The van der Waals surface area contributed by atoms with Crippen LogP contribution < -0.4 is 0 Å². The molecule has 4 heteroatoms. The van der Waals surface area contributed by atoms with E-state index >= 15 is 0 Å². The van der Waals surface area contributed by atoms with Gasteiger partial charge in [0, 0.05) is 5.92 Å². The average molecular weight is 224 g/mol. The molecule has 0 saturated heterocycles. The molecule has 0 bridgehead atoms. The Morgan fingerprint density at radius 3 is 2.69 bits per heavy atom. The van der Waals surface area contributed by atoms with Gasteiger partial charge in [0.25, 0.3) is 0 Å². The Labute approximate surface area is 94.7 Å². The molecule has 0 aromatic carbocycles. The SMILES string of the molecule is CC1=CC(CC(=O)OC(C)C)C(=O)CC1=O. The topological polar surface area (TPSA) is 60.4 Å². The zero-order valence-electron chi connectivity index (χ0n) is 9.78. The van der Waals surface area contributed by atoms with E-state index in [4.69, 9.17) is 4.74 Å². The largest absolute Gasteiger partial charge is 0.463 e. The molecule has 0 fully saturated rings. The Kier molecular flexibility index (Phi) is 3.99. The molecule has 0 N–H and O–H groups in total. The van der Waals surface area contributed by atoms with Gasteiger partial charge in [0.1, 0.15) is 5.78 Å². The standard InChI is InChI=1S/C12H16O4/c1-7(2)16-12(15)5-9-4-8(3)10(13)6-11(9)14/h4,7,9H,5-6H2,1-3H3. The van der Waals surface area contributed by atoms with Crippen LogP contribution in [0.4, 0.5) is 0 Å². The highest BCUT2D eigenvalue weighted by molar-refractivity contribution is 6.11. The zero-order chi connectivity index (χ0) is 12.3. The van der Waals surface area contributed by atoms with Crippen molar-refractivity contribution in [2.24, 2.45) is 5.92 Å². The molecule has 1 rings (SSSR count). The van der Waals surface area contributed by atoms with Crippen LogP contribution >= 0.6 is 0 Å². The molecule has 1 aliphatic carbocycles. The Bertz CT molecular complexity index is 352. The highest BCUT2D eigenvalue weighted by atomic mass is 16.5. The van der Waals surface area contributed by atoms with Gasteiger partial charge in [-0.2, -0.15) is 0 Å². The van der Waals surface area contributed by atoms with Crippen molar-refractivity contribution < 1.29 is 19.1 Å². The van der Waals surface area contributed by atoms with Gasteiger partial charge in [0.2, 0.25) is 0 Å². The van der Waals surface area contributed by atoms with Crippen molar-refractivity contribution in [1.82, 2.24) is 0 Å². The van der Waals surface area contributed by atoms with E-state index in [1.165, 1.54) is 0 Å². The van der Waals surface area contributed by atoms with E-state index < -0.39 is 11.9 Å². The number of Topliss-reactive ketones (excluding diaryl/α,β-unsaturated/α-hetero) is 2. The molecule has 0 aromatic rings. The van der Waals surface area contributed by atoms with Crippen LogP contribution in [0, 0.1) is 5.92 Å². The summed E-state index contributed by atoms with van der Waals surface area (Å²) in [5.74, 6) is -1.24. The van der Waals surface area contributed by atoms with E-state index in [2.05, 4.69) is 0 Å². The van der Waals surface area contributed by atoms with Crippen LogP contribution in [0.1, 0.15) is 33.6 Å². The fourth-order valence-corrected chi connectivity index (χ4v) is 1.58. The molecule has 4 nitrogen and oxygen atoms in total. The number of rotatable bonds is 3. The summed E-state index contributed by atoms with van der Waals surface area (Å²) < 4.78 is 4.96. The number of hydrogen-bond acceptors (Lipinski definition) is 4. The number of allylic oxidation sites excluding steroid dienone is 2. The molecule has 0 aromatic heterocycles. The van der Waals surface area contributed by atoms with Crippen LogP contribution in [0.2, 0.25) is 0 Å². The summed E-state index contributed by atoms with van der Waals surface area (Å²) in [6.07, 6.45) is 1.32. The lowest BCUT2D eigenvalue weighted by Crippen LogP contribution is -2.26. The van der Waals surface area contributed by atoms with Crippen molar-refractivity contribution in [2.75, 3.05) is 0 Å². The Morgan fingerprint density at radius 1 is 1.50 bits per heavy atom. The molecule has 0 radical (unpaired) electrons. The first kappa shape index (κ1) is 12.6. The Morgan fingerprint density at radius 2 is 2.12 bits per heavy atom. The number of esters is 1. The lowest BCUT2D eigenvalue weighted by atomic mass is 9.87. The monoisotopic (exact) mass is 224 g/mol. The minimum Gasteiger partial charge on any atom is -0.463 e. The van der Waals surface area contributed by atoms with Crippen LogP contribution in [0.5, 0.6) is 0 Å². The second-order valence-corrected chi connectivity index (χ2v) is 4.27. The van der Waals surface area contributed by atoms with E-state index in [1.54, 1.807) is 26.8 Å². The summed E-state index contributed by atoms with van der Waals surface area (Å²) in [5, 5.41) is 0. The number of hydrogen-bond donors (Lipinski definition) is 0. The summed E-state index contributed by atoms with van der Waals surface area (Å²) in [6, 6.07) is 0. The number of carbonyl (C=O) groups excluding carboxylic acids is 3. The van der Waals surface area contributed by atoms with Crippen LogP contribution in [-0.4, -0.2) is 23.6 Å². The normalized spacial score (nSPS) is 21.0. The van der Waals surface area contributed by atoms with E-state index in [9.17, 15) is 14.4 Å². The summed E-state index contributed by atoms with van der Waals surface area (Å²) in [6.45, 7) is 5.17. The van der Waals surface area contributed by atoms with Gasteiger partial charge in [-0.05, 0) is 26.3 Å². The predicted molar refractivity (Wildman–Crippen MR) is 57.7 cm³/mol. The highest BCUT2D eigenvalue weighted by Gasteiger charge is 2.28. The van der Waals surface area contributed by atoms with Gasteiger partial charge in [-0.3, -0.25) is 14.4 Å². The molecule has 1 atom stereocenters. The lowest BCUT2D eigenvalue weighted by Gasteiger charge is -2.17. The first-order valence-electron chi connectivity index (χ1n) is 5.34. The highest BCUT2D eigenvalue weighted by Crippen LogP contribution is 2.20. The van der Waals surface area contributed by atoms with E-state index in [0.717, 1.165) is 0 Å². The van der Waals surface area contributed by atoms with Gasteiger partial charge < -0.3 is 4.74 Å². The minimum absolute atomic E-state index is 0.0294. The first-order valence-corrected chi connectivity index (χ1v) is 5.34. The third-order valence-corrected chi connectivity index (χ3v) is 2.39. The van der Waals surface area contributed by atoms with Crippen LogP contribution in [0.3, 0.4) is 0 Å². The van der Waals surface area contributed by atoms with Crippen LogP contribution in [0.25, 0.3) is 0 Å². The smallest absolute Gasteiger partial charge is 0.307 e. The van der Waals surface area contributed by atoms with Gasteiger partial charge in [-0.15, -0.1) is 0 Å². The van der Waals surface area contributed by atoms with Crippen LogP contribution in [-0.2, 0) is 19.1 Å². The molecule has 16 heavy (non-hydrogen) atoms. The summed E-state index contributed by atoms with van der Waals surface area (Å²) in [4.78, 5) is 34.1. The van der Waals surface area contributed by atoms with Gasteiger partial charge in [-0.1, -0.05) is 6.08 Å². The lowest BCUT2D eigenvalue weighted by molar-refractivity contribution is -0.149. The maximum atomic E-state index is 11.5. The zero-order valence-corrected chi connectivity index (χ0v) is 9.78. The van der Waals surface area contributed by atoms with E-state index in [-0.39, 0.29) is 30.5 Å². The van der Waals surface area contributed by atoms with Crippen molar-refractivity contribution in [1.29, 1.82) is 0 Å². The van der Waals surface area contributed by atoms with Gasteiger partial charge in [-0.25, -0.2) is 0 Å². The fourth-order valence-electron chi connectivity index (χ4n) is 1.58. The van der Waals surface area contributed by atoms with E-state index in [1.807, 2.05) is 0 Å². The Balaban J connectivity index is 2.64. The van der Waals surface area contributed by atoms with Gasteiger partial charge >= 0.3 is 5.97 Å². The molecule has 0 heterocycles. The summed E-state index contributed by atoms with van der Waals surface area (Å²) in [7, 11) is 0. The molecular formula is C12H16O4. The van der Waals surface area contributed by atoms with Gasteiger partial charge in [0.15, 0.2) is 5.78 Å². The number of carbonyl (C=O) groups is 3. The average Bonchev–Trinajstić information content (AvgIpc) is 2.12. The molecule has 1 unspecified atom stereocenters. The summed E-state index contributed by atoms with van der Waals surface area (Å²) in [5.41, 5.74) is 0.557. The van der Waals surface area contributed by atoms with E-state index in [0.29, 0.717) is 5.57 Å². The molecular weight excluding hydrogens is 208 g/mol. The molecule has 0 amide bonds. The van der Waals surface area contributed by atoms with Crippen LogP contribution in [0.15, 0.2) is 11.6 Å². The second-order valence-electron chi connectivity index (χ2n) is 4.27. The first-order chi connectivity index (χ1) is 7.40.